The third kappa shape index (κ3) is 7.14. The molecule has 0 fully saturated rings. The highest BCUT2D eigenvalue weighted by atomic mass is 35.5. The van der Waals surface area contributed by atoms with E-state index in [1.54, 1.807) is 31.2 Å². The lowest BCUT2D eigenvalue weighted by Gasteiger charge is -2.23. The quantitative estimate of drug-likeness (QED) is 0.398. The lowest BCUT2D eigenvalue weighted by molar-refractivity contribution is -0.137. The Kier molecular flexibility index (Phi) is 8.10. The van der Waals surface area contributed by atoms with Gasteiger partial charge in [-0.1, -0.05) is 29.8 Å². The van der Waals surface area contributed by atoms with Crippen LogP contribution in [0.15, 0.2) is 71.6 Å². The Hall–Kier alpha value is -3.29. The van der Waals surface area contributed by atoms with Crippen molar-refractivity contribution in [1.29, 1.82) is 0 Å². The van der Waals surface area contributed by atoms with Crippen LogP contribution in [0, 0.1) is 6.92 Å². The molecule has 37 heavy (non-hydrogen) atoms. The van der Waals surface area contributed by atoms with Gasteiger partial charge in [-0.05, 0) is 61.0 Å². The van der Waals surface area contributed by atoms with Gasteiger partial charge < -0.3 is 5.32 Å². The standard InChI is InChI=1S/C23H21ClF3N3O5S2/c1-15-5-3-4-6-21(15)30(36(2,32)33)14-22(31)28-16-7-10-18(11-8-16)37(34,35)29-17-9-12-20(24)19(13-17)23(25,26)27/h3-13,29H,14H2,1-2H3,(H,28,31). The zero-order valence-corrected chi connectivity index (χ0v) is 21.8. The molecule has 0 saturated heterocycles. The summed E-state index contributed by atoms with van der Waals surface area (Å²) in [6.07, 6.45) is -3.80. The number of halogens is 4. The number of alkyl halides is 3. The minimum atomic E-state index is -4.77. The van der Waals surface area contributed by atoms with Crippen molar-refractivity contribution in [1.82, 2.24) is 0 Å². The number of nitrogens with one attached hydrogen (secondary N) is 2. The van der Waals surface area contributed by atoms with E-state index >= 15 is 0 Å². The van der Waals surface area contributed by atoms with Crippen molar-refractivity contribution in [3.63, 3.8) is 0 Å². The van der Waals surface area contributed by atoms with Gasteiger partial charge in [-0.15, -0.1) is 0 Å². The molecule has 8 nitrogen and oxygen atoms in total. The predicted molar refractivity (Wildman–Crippen MR) is 136 cm³/mol. The number of sulfonamides is 2. The summed E-state index contributed by atoms with van der Waals surface area (Å²) in [5, 5.41) is 1.92. The molecule has 3 rings (SSSR count). The molecule has 198 valence electrons. The van der Waals surface area contributed by atoms with Gasteiger partial charge in [0.2, 0.25) is 15.9 Å². The first kappa shape index (κ1) is 28.3. The fourth-order valence-corrected chi connectivity index (χ4v) is 5.48. The van der Waals surface area contributed by atoms with Crippen LogP contribution in [0.3, 0.4) is 0 Å². The highest BCUT2D eigenvalue weighted by molar-refractivity contribution is 7.92. The fraction of sp³-hybridized carbons (Fsp3) is 0.174. The Morgan fingerprint density at radius 3 is 2.11 bits per heavy atom. The molecule has 2 N–H and O–H groups in total. The predicted octanol–water partition coefficient (Wildman–Crippen LogP) is 4.87. The molecule has 0 aliphatic rings. The maximum absolute atomic E-state index is 13.1. The molecule has 0 aromatic heterocycles. The third-order valence-corrected chi connectivity index (χ3v) is 7.90. The Balaban J connectivity index is 1.74. The number of aryl methyl sites for hydroxylation is 1. The summed E-state index contributed by atoms with van der Waals surface area (Å²) in [5.41, 5.74) is -0.380. The van der Waals surface area contributed by atoms with Crippen LogP contribution >= 0.6 is 11.6 Å². The molecule has 0 heterocycles. The van der Waals surface area contributed by atoms with Crippen molar-refractivity contribution in [3.8, 4) is 0 Å². The van der Waals surface area contributed by atoms with Gasteiger partial charge in [0.25, 0.3) is 10.0 Å². The van der Waals surface area contributed by atoms with Crippen molar-refractivity contribution in [2.75, 3.05) is 27.1 Å². The Morgan fingerprint density at radius 1 is 0.946 bits per heavy atom. The number of anilines is 3. The van der Waals surface area contributed by atoms with Gasteiger partial charge in [0, 0.05) is 11.4 Å². The van der Waals surface area contributed by atoms with E-state index in [0.717, 1.165) is 34.8 Å². The Morgan fingerprint density at radius 2 is 1.54 bits per heavy atom. The van der Waals surface area contributed by atoms with Crippen LogP contribution < -0.4 is 14.3 Å². The zero-order chi connectivity index (χ0) is 27.6. The van der Waals surface area contributed by atoms with Crippen molar-refractivity contribution < 1.29 is 34.8 Å². The second kappa shape index (κ2) is 10.6. The average molecular weight is 576 g/mol. The van der Waals surface area contributed by atoms with E-state index in [9.17, 15) is 34.8 Å². The first-order chi connectivity index (χ1) is 17.1. The maximum Gasteiger partial charge on any atom is 0.417 e. The zero-order valence-electron chi connectivity index (χ0n) is 19.4. The van der Waals surface area contributed by atoms with E-state index in [-0.39, 0.29) is 16.3 Å². The average Bonchev–Trinajstić information content (AvgIpc) is 2.78. The molecule has 3 aromatic carbocycles. The molecule has 0 saturated carbocycles. The molecule has 0 atom stereocenters. The number of hydrogen-bond acceptors (Lipinski definition) is 5. The van der Waals surface area contributed by atoms with E-state index in [0.29, 0.717) is 17.3 Å². The molecule has 1 amide bonds. The lowest BCUT2D eigenvalue weighted by Crippen LogP contribution is -2.37. The first-order valence-corrected chi connectivity index (χ1v) is 14.1. The number of benzene rings is 3. The molecule has 0 radical (unpaired) electrons. The second-order valence-electron chi connectivity index (χ2n) is 7.93. The molecule has 0 unspecified atom stereocenters. The Bertz CT molecular complexity index is 1530. The summed E-state index contributed by atoms with van der Waals surface area (Å²) in [4.78, 5) is 12.3. The first-order valence-electron chi connectivity index (χ1n) is 10.4. The maximum atomic E-state index is 13.1. The van der Waals surface area contributed by atoms with Gasteiger partial charge >= 0.3 is 6.18 Å². The SMILES string of the molecule is Cc1ccccc1N(CC(=O)Nc1ccc(S(=O)(=O)Nc2ccc(Cl)c(C(F)(F)F)c2)cc1)S(C)(=O)=O. The molecule has 14 heteroatoms. The van der Waals surface area contributed by atoms with Gasteiger partial charge in [0.1, 0.15) is 6.54 Å². The minimum Gasteiger partial charge on any atom is -0.325 e. The highest BCUT2D eigenvalue weighted by Crippen LogP contribution is 2.36. The molecular formula is C23H21ClF3N3O5S2. The van der Waals surface area contributed by atoms with Crippen molar-refractivity contribution in [2.45, 2.75) is 18.0 Å². The topological polar surface area (TPSA) is 113 Å². The normalized spacial score (nSPS) is 12.2. The smallest absolute Gasteiger partial charge is 0.325 e. The second-order valence-corrected chi connectivity index (χ2v) is 11.9. The monoisotopic (exact) mass is 575 g/mol. The van der Waals surface area contributed by atoms with Crippen LogP contribution in [-0.2, 0) is 31.0 Å². The van der Waals surface area contributed by atoms with Gasteiger partial charge in [-0.2, -0.15) is 13.2 Å². The van der Waals surface area contributed by atoms with Gasteiger partial charge in [0.05, 0.1) is 27.4 Å². The number of para-hydroxylation sites is 1. The number of nitrogens with zero attached hydrogens (tertiary/aromatic N) is 1. The molecule has 3 aromatic rings. The number of amides is 1. The van der Waals surface area contributed by atoms with E-state index in [2.05, 4.69) is 10.0 Å². The summed E-state index contributed by atoms with van der Waals surface area (Å²) in [6.45, 7) is 1.18. The third-order valence-electron chi connectivity index (χ3n) is 5.04. The van der Waals surface area contributed by atoms with Gasteiger partial charge in [0.15, 0.2) is 0 Å². The van der Waals surface area contributed by atoms with E-state index in [1.165, 1.54) is 12.1 Å². The molecule has 0 aliphatic carbocycles. The van der Waals surface area contributed by atoms with Crippen LogP contribution in [0.4, 0.5) is 30.2 Å². The van der Waals surface area contributed by atoms with Crippen LogP contribution in [-0.4, -0.2) is 35.5 Å². The largest absolute Gasteiger partial charge is 0.417 e. The van der Waals surface area contributed by atoms with Crippen LogP contribution in [0.1, 0.15) is 11.1 Å². The highest BCUT2D eigenvalue weighted by Gasteiger charge is 2.33. The van der Waals surface area contributed by atoms with Crippen LogP contribution in [0.25, 0.3) is 0 Å². The molecule has 0 aliphatic heterocycles. The summed E-state index contributed by atoms with van der Waals surface area (Å²) in [6, 6.07) is 14.0. The molecule has 0 spiro atoms. The fourth-order valence-electron chi connectivity index (χ4n) is 3.29. The van der Waals surface area contributed by atoms with Crippen molar-refractivity contribution in [2.24, 2.45) is 0 Å². The summed E-state index contributed by atoms with van der Waals surface area (Å²) in [7, 11) is -8.07. The molecular weight excluding hydrogens is 555 g/mol. The number of rotatable bonds is 8. The lowest BCUT2D eigenvalue weighted by atomic mass is 10.2. The number of hydrogen-bond donors (Lipinski definition) is 2. The van der Waals surface area contributed by atoms with Crippen LogP contribution in [0.2, 0.25) is 5.02 Å². The van der Waals surface area contributed by atoms with Gasteiger partial charge in [-0.25, -0.2) is 16.8 Å². The van der Waals surface area contributed by atoms with Crippen LogP contribution in [0.5, 0.6) is 0 Å². The van der Waals surface area contributed by atoms with Crippen molar-refractivity contribution in [3.05, 3.63) is 82.9 Å². The Labute approximate surface area is 217 Å². The van der Waals surface area contributed by atoms with Gasteiger partial charge in [-0.3, -0.25) is 13.8 Å². The summed E-state index contributed by atoms with van der Waals surface area (Å²) >= 11 is 5.56. The number of carbonyl (C=O) groups is 1. The summed E-state index contributed by atoms with van der Waals surface area (Å²) in [5.74, 6) is -0.678. The summed E-state index contributed by atoms with van der Waals surface area (Å²) < 4.78 is 92.0. The molecule has 0 bridgehead atoms. The number of carbonyl (C=O) groups excluding carboxylic acids is 1. The van der Waals surface area contributed by atoms with E-state index < -0.39 is 49.3 Å². The minimum absolute atomic E-state index is 0.174. The van der Waals surface area contributed by atoms with E-state index in [1.807, 2.05) is 0 Å². The van der Waals surface area contributed by atoms with E-state index in [4.69, 9.17) is 11.6 Å². The van der Waals surface area contributed by atoms with Crippen molar-refractivity contribution >= 4 is 54.6 Å².